The Morgan fingerprint density at radius 2 is 2.17 bits per heavy atom. The molecule has 30 heavy (non-hydrogen) atoms. The van der Waals surface area contributed by atoms with E-state index in [1.165, 1.54) is 12.3 Å². The van der Waals surface area contributed by atoms with E-state index in [4.69, 9.17) is 4.74 Å². The fourth-order valence-electron chi connectivity index (χ4n) is 3.40. The van der Waals surface area contributed by atoms with Crippen molar-refractivity contribution in [2.75, 3.05) is 26.7 Å². The monoisotopic (exact) mass is 538 g/mol. The molecule has 3 rings (SSSR count). The Morgan fingerprint density at radius 3 is 2.83 bits per heavy atom. The number of nitrogens with one attached hydrogen (secondary N) is 1. The zero-order valence-electron chi connectivity index (χ0n) is 16.8. The van der Waals surface area contributed by atoms with Gasteiger partial charge in [0.25, 0.3) is 0 Å². The summed E-state index contributed by atoms with van der Waals surface area (Å²) in [6.07, 6.45) is 3.65. The van der Waals surface area contributed by atoms with E-state index in [9.17, 15) is 13.2 Å². The lowest BCUT2D eigenvalue weighted by Gasteiger charge is -2.39. The molecule has 2 atom stereocenters. The fourth-order valence-corrected chi connectivity index (χ4v) is 3.40. The molecule has 0 radical (unpaired) electrons. The largest absolute Gasteiger partial charge is 0.468 e. The minimum atomic E-state index is -4.39. The fraction of sp³-hybridized carbons (Fsp3) is 0.526. The minimum Gasteiger partial charge on any atom is -0.468 e. The summed E-state index contributed by atoms with van der Waals surface area (Å²) in [4.78, 5) is 14.5. The smallest absolute Gasteiger partial charge is 0.422 e. The average molecular weight is 538 g/mol. The average Bonchev–Trinajstić information content (AvgIpc) is 3.22. The molecule has 1 saturated heterocycles. The van der Waals surface area contributed by atoms with Crippen LogP contribution in [0.3, 0.4) is 0 Å². The third kappa shape index (κ3) is 6.74. The van der Waals surface area contributed by atoms with Crippen LogP contribution in [0.5, 0.6) is 5.88 Å². The van der Waals surface area contributed by atoms with Crippen molar-refractivity contribution in [3.8, 4) is 5.88 Å². The summed E-state index contributed by atoms with van der Waals surface area (Å²) in [5.74, 6) is 1.22. The summed E-state index contributed by atoms with van der Waals surface area (Å²) in [7, 11) is 1.72. The molecule has 0 aromatic carbocycles. The van der Waals surface area contributed by atoms with Crippen molar-refractivity contribution in [3.63, 3.8) is 0 Å². The highest BCUT2D eigenvalue weighted by Gasteiger charge is 2.29. The molecular formula is C19H26F3IN6O. The van der Waals surface area contributed by atoms with Crippen molar-refractivity contribution < 1.29 is 17.9 Å². The van der Waals surface area contributed by atoms with Crippen LogP contribution in [-0.4, -0.2) is 58.3 Å². The SMILES string of the molecule is CN=C(NCc1ccnc(OCC(F)(F)F)c1)N1CCC(C)C(n2ccnc2)C1.I. The molecular weight excluding hydrogens is 512 g/mol. The number of alkyl halides is 3. The second-order valence-corrected chi connectivity index (χ2v) is 7.10. The van der Waals surface area contributed by atoms with Crippen LogP contribution < -0.4 is 10.1 Å². The van der Waals surface area contributed by atoms with Gasteiger partial charge in [-0.1, -0.05) is 6.92 Å². The molecule has 2 unspecified atom stereocenters. The Hall–Kier alpha value is -2.05. The van der Waals surface area contributed by atoms with Crippen LogP contribution >= 0.6 is 24.0 Å². The molecule has 11 heteroatoms. The van der Waals surface area contributed by atoms with Gasteiger partial charge in [-0.25, -0.2) is 9.97 Å². The number of hydrogen-bond donors (Lipinski definition) is 1. The van der Waals surface area contributed by atoms with Crippen LogP contribution in [-0.2, 0) is 6.54 Å². The number of rotatable bonds is 5. The van der Waals surface area contributed by atoms with Gasteiger partial charge in [-0.2, -0.15) is 13.2 Å². The Kier molecular flexibility index (Phi) is 8.74. The number of halogens is 4. The second kappa shape index (κ2) is 10.8. The van der Waals surface area contributed by atoms with Crippen LogP contribution in [0.2, 0.25) is 0 Å². The third-order valence-electron chi connectivity index (χ3n) is 4.97. The van der Waals surface area contributed by atoms with Crippen molar-refractivity contribution in [2.24, 2.45) is 10.9 Å². The van der Waals surface area contributed by atoms with Crippen LogP contribution in [0, 0.1) is 5.92 Å². The van der Waals surface area contributed by atoms with E-state index in [0.717, 1.165) is 31.0 Å². The molecule has 2 aromatic rings. The molecule has 166 valence electrons. The van der Waals surface area contributed by atoms with E-state index in [1.54, 1.807) is 19.3 Å². The Bertz CT molecular complexity index is 815. The zero-order valence-corrected chi connectivity index (χ0v) is 19.2. The zero-order chi connectivity index (χ0) is 20.9. The first-order valence-corrected chi connectivity index (χ1v) is 9.43. The number of aliphatic imine (C=N–C) groups is 1. The summed E-state index contributed by atoms with van der Waals surface area (Å²) >= 11 is 0. The number of likely N-dealkylation sites (tertiary alicyclic amines) is 1. The number of piperidine rings is 1. The van der Waals surface area contributed by atoms with Gasteiger partial charge in [0.2, 0.25) is 5.88 Å². The third-order valence-corrected chi connectivity index (χ3v) is 4.97. The molecule has 0 saturated carbocycles. The summed E-state index contributed by atoms with van der Waals surface area (Å²) in [6.45, 7) is 2.95. The van der Waals surface area contributed by atoms with E-state index in [1.807, 2.05) is 12.5 Å². The number of aromatic nitrogens is 3. The Balaban J connectivity index is 0.00000320. The lowest BCUT2D eigenvalue weighted by Crippen LogP contribution is -2.48. The van der Waals surface area contributed by atoms with Gasteiger partial charge in [-0.05, 0) is 24.0 Å². The van der Waals surface area contributed by atoms with Crippen LogP contribution in [0.15, 0.2) is 42.0 Å². The number of hydrogen-bond acceptors (Lipinski definition) is 4. The van der Waals surface area contributed by atoms with E-state index in [2.05, 4.69) is 36.7 Å². The lowest BCUT2D eigenvalue weighted by atomic mass is 9.93. The van der Waals surface area contributed by atoms with E-state index >= 15 is 0 Å². The molecule has 1 fully saturated rings. The van der Waals surface area contributed by atoms with Gasteiger partial charge in [0.05, 0.1) is 12.4 Å². The predicted octanol–water partition coefficient (Wildman–Crippen LogP) is 3.50. The highest BCUT2D eigenvalue weighted by molar-refractivity contribution is 14.0. The first-order valence-electron chi connectivity index (χ1n) is 9.43. The topological polar surface area (TPSA) is 67.6 Å². The maximum Gasteiger partial charge on any atom is 0.422 e. The molecule has 2 aromatic heterocycles. The molecule has 7 nitrogen and oxygen atoms in total. The molecule has 1 aliphatic heterocycles. The molecule has 0 aliphatic carbocycles. The van der Waals surface area contributed by atoms with Crippen molar-refractivity contribution in [1.29, 1.82) is 0 Å². The van der Waals surface area contributed by atoms with Gasteiger partial charge >= 0.3 is 6.18 Å². The number of imidazole rings is 1. The number of pyridine rings is 1. The van der Waals surface area contributed by atoms with E-state index in [-0.39, 0.29) is 29.9 Å². The Labute approximate surface area is 190 Å². The summed E-state index contributed by atoms with van der Waals surface area (Å²) in [6, 6.07) is 3.53. The standard InChI is InChI=1S/C19H25F3N6O.HI/c1-14-4-7-27(11-16(14)28-8-6-24-13-28)18(23-2)26-10-15-3-5-25-17(9-15)29-12-19(20,21)22;/h3,5-6,8-9,13-14,16H,4,7,10-12H2,1-2H3,(H,23,26);1H. The lowest BCUT2D eigenvalue weighted by molar-refractivity contribution is -0.154. The second-order valence-electron chi connectivity index (χ2n) is 7.10. The highest BCUT2D eigenvalue weighted by Crippen LogP contribution is 2.27. The molecule has 0 spiro atoms. The molecule has 1 aliphatic rings. The maximum atomic E-state index is 12.3. The van der Waals surface area contributed by atoms with Crippen molar-refractivity contribution in [1.82, 2.24) is 24.8 Å². The molecule has 1 N–H and O–H groups in total. The maximum absolute atomic E-state index is 12.3. The first kappa shape index (κ1) is 24.2. The quantitative estimate of drug-likeness (QED) is 0.359. The summed E-state index contributed by atoms with van der Waals surface area (Å²) in [5.41, 5.74) is 0.759. The van der Waals surface area contributed by atoms with Crippen LogP contribution in [0.4, 0.5) is 13.2 Å². The van der Waals surface area contributed by atoms with Gasteiger partial charge in [0.1, 0.15) is 0 Å². The number of ether oxygens (including phenoxy) is 1. The van der Waals surface area contributed by atoms with Gasteiger partial charge in [0, 0.05) is 51.3 Å². The number of nitrogens with zero attached hydrogens (tertiary/aromatic N) is 5. The predicted molar refractivity (Wildman–Crippen MR) is 118 cm³/mol. The Morgan fingerprint density at radius 1 is 1.37 bits per heavy atom. The first-order chi connectivity index (χ1) is 13.9. The van der Waals surface area contributed by atoms with Gasteiger partial charge in [-0.3, -0.25) is 4.99 Å². The molecule has 0 amide bonds. The van der Waals surface area contributed by atoms with E-state index in [0.29, 0.717) is 18.5 Å². The van der Waals surface area contributed by atoms with Crippen molar-refractivity contribution in [2.45, 2.75) is 32.1 Å². The van der Waals surface area contributed by atoms with Crippen molar-refractivity contribution >= 4 is 29.9 Å². The number of guanidine groups is 1. The van der Waals surface area contributed by atoms with Gasteiger partial charge in [-0.15, -0.1) is 24.0 Å². The van der Waals surface area contributed by atoms with Crippen LogP contribution in [0.1, 0.15) is 24.9 Å². The van der Waals surface area contributed by atoms with Crippen LogP contribution in [0.25, 0.3) is 0 Å². The van der Waals surface area contributed by atoms with Gasteiger partial charge < -0.3 is 19.5 Å². The highest BCUT2D eigenvalue weighted by atomic mass is 127. The van der Waals surface area contributed by atoms with Crippen molar-refractivity contribution in [3.05, 3.63) is 42.6 Å². The molecule has 0 bridgehead atoms. The summed E-state index contributed by atoms with van der Waals surface area (Å²) in [5, 5.41) is 3.28. The summed E-state index contributed by atoms with van der Waals surface area (Å²) < 4.78 is 43.8. The minimum absolute atomic E-state index is 0. The molecule has 3 heterocycles. The normalized spacial score (nSPS) is 19.9. The van der Waals surface area contributed by atoms with Gasteiger partial charge in [0.15, 0.2) is 12.6 Å². The van der Waals surface area contributed by atoms with E-state index < -0.39 is 12.8 Å².